The molecular formula is C13H12N3O+. The van der Waals surface area contributed by atoms with Crippen LogP contribution in [0.1, 0.15) is 0 Å². The highest BCUT2D eigenvalue weighted by molar-refractivity contribution is 5.79. The van der Waals surface area contributed by atoms with Crippen LogP contribution < -0.4 is 10.3 Å². The molecule has 17 heavy (non-hydrogen) atoms. The summed E-state index contributed by atoms with van der Waals surface area (Å²) in [7, 11) is 1.97. The first-order valence-corrected chi connectivity index (χ1v) is 5.34. The van der Waals surface area contributed by atoms with Gasteiger partial charge in [0.2, 0.25) is 5.89 Å². The van der Waals surface area contributed by atoms with E-state index in [0.717, 1.165) is 16.7 Å². The summed E-state index contributed by atoms with van der Waals surface area (Å²) in [4.78, 5) is 4.42. The topological polar surface area (TPSA) is 55.9 Å². The van der Waals surface area contributed by atoms with Gasteiger partial charge in [0.1, 0.15) is 12.6 Å². The Bertz CT molecular complexity index is 671. The Morgan fingerprint density at radius 1 is 1.18 bits per heavy atom. The van der Waals surface area contributed by atoms with E-state index in [1.165, 1.54) is 0 Å². The Morgan fingerprint density at radius 3 is 2.71 bits per heavy atom. The van der Waals surface area contributed by atoms with Gasteiger partial charge in [-0.2, -0.15) is 0 Å². The molecule has 0 atom stereocenters. The van der Waals surface area contributed by atoms with Crippen LogP contribution in [0.2, 0.25) is 0 Å². The minimum Gasteiger partial charge on any atom is -0.436 e. The van der Waals surface area contributed by atoms with Crippen LogP contribution in [0.5, 0.6) is 0 Å². The third kappa shape index (κ3) is 1.73. The molecule has 0 aliphatic carbocycles. The van der Waals surface area contributed by atoms with Gasteiger partial charge >= 0.3 is 0 Å². The number of oxazole rings is 1. The van der Waals surface area contributed by atoms with Gasteiger partial charge in [0.25, 0.3) is 0 Å². The van der Waals surface area contributed by atoms with Crippen LogP contribution in [-0.4, -0.2) is 4.98 Å². The summed E-state index contributed by atoms with van der Waals surface area (Å²) in [6.07, 6.45) is 3.91. The lowest BCUT2D eigenvalue weighted by molar-refractivity contribution is -0.671. The number of hydrogen-bond donors (Lipinski definition) is 1. The monoisotopic (exact) mass is 226 g/mol. The number of nitrogens with zero attached hydrogens (tertiary/aromatic N) is 2. The third-order valence-corrected chi connectivity index (χ3v) is 2.64. The number of nitrogens with two attached hydrogens (primary N) is 1. The van der Waals surface area contributed by atoms with E-state index >= 15 is 0 Å². The maximum Gasteiger partial charge on any atom is 0.227 e. The van der Waals surface area contributed by atoms with Gasteiger partial charge in [-0.15, -0.1) is 0 Å². The van der Waals surface area contributed by atoms with Crippen LogP contribution >= 0.6 is 0 Å². The van der Waals surface area contributed by atoms with Crippen LogP contribution in [0.3, 0.4) is 0 Å². The van der Waals surface area contributed by atoms with E-state index in [-0.39, 0.29) is 0 Å². The Labute approximate surface area is 98.3 Å². The second-order valence-corrected chi connectivity index (χ2v) is 4.00. The van der Waals surface area contributed by atoms with Crippen LogP contribution in [0.15, 0.2) is 47.1 Å². The molecule has 0 spiro atoms. The SMILES string of the molecule is C[n+]1ccc(-c2nc3cc(N)ccc3o2)cc1. The van der Waals surface area contributed by atoms with Crippen molar-refractivity contribution in [2.24, 2.45) is 7.05 Å². The van der Waals surface area contributed by atoms with Crippen molar-refractivity contribution in [2.45, 2.75) is 0 Å². The van der Waals surface area contributed by atoms with Gasteiger partial charge in [-0.3, -0.25) is 0 Å². The number of benzene rings is 1. The highest BCUT2D eigenvalue weighted by atomic mass is 16.3. The number of fused-ring (bicyclic) bond motifs is 1. The average molecular weight is 226 g/mol. The maximum absolute atomic E-state index is 5.71. The standard InChI is InChI=1S/C13H12N3O/c1-16-6-4-9(5-7-16)13-15-11-8-10(14)2-3-12(11)17-13/h2-8H,14H2,1H3/q+1. The zero-order chi connectivity index (χ0) is 11.8. The predicted molar refractivity (Wildman–Crippen MR) is 65.0 cm³/mol. The zero-order valence-electron chi connectivity index (χ0n) is 9.42. The molecule has 2 aromatic heterocycles. The Kier molecular flexibility index (Phi) is 2.08. The Hall–Kier alpha value is -2.36. The molecule has 0 radical (unpaired) electrons. The summed E-state index contributed by atoms with van der Waals surface area (Å²) in [5.41, 5.74) is 8.89. The van der Waals surface area contributed by atoms with Crippen molar-refractivity contribution in [3.05, 3.63) is 42.7 Å². The molecule has 0 unspecified atom stereocenters. The van der Waals surface area contributed by atoms with Crippen LogP contribution in [-0.2, 0) is 7.05 Å². The van der Waals surface area contributed by atoms with Gasteiger partial charge in [0, 0.05) is 23.4 Å². The van der Waals surface area contributed by atoms with Gasteiger partial charge in [-0.25, -0.2) is 9.55 Å². The summed E-state index contributed by atoms with van der Waals surface area (Å²) < 4.78 is 7.64. The Balaban J connectivity index is 2.14. The van der Waals surface area contributed by atoms with E-state index < -0.39 is 0 Å². The summed E-state index contributed by atoms with van der Waals surface area (Å²) in [5.74, 6) is 0.617. The number of rotatable bonds is 1. The molecule has 0 saturated heterocycles. The molecule has 0 aliphatic heterocycles. The molecule has 4 nitrogen and oxygen atoms in total. The number of aromatic nitrogens is 2. The van der Waals surface area contributed by atoms with Gasteiger partial charge < -0.3 is 10.2 Å². The first-order valence-electron chi connectivity index (χ1n) is 5.34. The average Bonchev–Trinajstić information content (AvgIpc) is 2.72. The number of hydrogen-bond acceptors (Lipinski definition) is 3. The fourth-order valence-corrected chi connectivity index (χ4v) is 1.71. The van der Waals surface area contributed by atoms with Gasteiger partial charge in [0.15, 0.2) is 18.0 Å². The zero-order valence-corrected chi connectivity index (χ0v) is 9.42. The molecule has 4 heteroatoms. The van der Waals surface area contributed by atoms with Crippen molar-refractivity contribution < 1.29 is 8.98 Å². The molecule has 84 valence electrons. The predicted octanol–water partition coefficient (Wildman–Crippen LogP) is 1.90. The van der Waals surface area contributed by atoms with Crippen LogP contribution in [0.25, 0.3) is 22.6 Å². The molecule has 0 aliphatic rings. The molecule has 0 saturated carbocycles. The van der Waals surface area contributed by atoms with E-state index in [1.54, 1.807) is 0 Å². The molecule has 2 N–H and O–H groups in total. The molecule has 0 bridgehead atoms. The first kappa shape index (κ1) is 9.84. The van der Waals surface area contributed by atoms with E-state index in [0.29, 0.717) is 11.6 Å². The molecule has 3 rings (SSSR count). The largest absolute Gasteiger partial charge is 0.436 e. The lowest BCUT2D eigenvalue weighted by atomic mass is 10.3. The lowest BCUT2D eigenvalue weighted by Gasteiger charge is -1.91. The maximum atomic E-state index is 5.71. The minimum atomic E-state index is 0.617. The number of nitrogen functional groups attached to an aromatic ring is 1. The van der Waals surface area contributed by atoms with Gasteiger partial charge in [-0.1, -0.05) is 0 Å². The van der Waals surface area contributed by atoms with E-state index in [1.807, 2.05) is 54.3 Å². The minimum absolute atomic E-state index is 0.617. The van der Waals surface area contributed by atoms with E-state index in [2.05, 4.69) is 4.98 Å². The molecule has 0 fully saturated rings. The lowest BCUT2D eigenvalue weighted by Crippen LogP contribution is -2.25. The van der Waals surface area contributed by atoms with Crippen molar-refractivity contribution in [3.8, 4) is 11.5 Å². The van der Waals surface area contributed by atoms with Crippen molar-refractivity contribution in [1.29, 1.82) is 0 Å². The second kappa shape index (κ2) is 3.59. The van der Waals surface area contributed by atoms with Crippen molar-refractivity contribution >= 4 is 16.8 Å². The van der Waals surface area contributed by atoms with Gasteiger partial charge in [0.05, 0.1) is 0 Å². The summed E-state index contributed by atoms with van der Waals surface area (Å²) in [5, 5.41) is 0. The summed E-state index contributed by atoms with van der Waals surface area (Å²) >= 11 is 0. The first-order chi connectivity index (χ1) is 8.22. The quantitative estimate of drug-likeness (QED) is 0.509. The fraction of sp³-hybridized carbons (Fsp3) is 0.0769. The van der Waals surface area contributed by atoms with Crippen molar-refractivity contribution in [1.82, 2.24) is 4.98 Å². The summed E-state index contributed by atoms with van der Waals surface area (Å²) in [6.45, 7) is 0. The third-order valence-electron chi connectivity index (χ3n) is 2.64. The van der Waals surface area contributed by atoms with Gasteiger partial charge in [-0.05, 0) is 18.2 Å². The normalized spacial score (nSPS) is 10.9. The van der Waals surface area contributed by atoms with Crippen molar-refractivity contribution in [2.75, 3.05) is 5.73 Å². The molecule has 0 amide bonds. The van der Waals surface area contributed by atoms with Crippen LogP contribution in [0.4, 0.5) is 5.69 Å². The highest BCUT2D eigenvalue weighted by Crippen LogP contribution is 2.24. The van der Waals surface area contributed by atoms with E-state index in [9.17, 15) is 0 Å². The number of pyridine rings is 1. The molecule has 2 heterocycles. The molecule has 1 aromatic carbocycles. The number of anilines is 1. The Morgan fingerprint density at radius 2 is 1.94 bits per heavy atom. The molecule has 3 aromatic rings. The molecular weight excluding hydrogens is 214 g/mol. The smallest absolute Gasteiger partial charge is 0.227 e. The van der Waals surface area contributed by atoms with Crippen molar-refractivity contribution in [3.63, 3.8) is 0 Å². The highest BCUT2D eigenvalue weighted by Gasteiger charge is 2.09. The second-order valence-electron chi connectivity index (χ2n) is 4.00. The number of aryl methyl sites for hydroxylation is 1. The fourth-order valence-electron chi connectivity index (χ4n) is 1.71. The van der Waals surface area contributed by atoms with Crippen LogP contribution in [0, 0.1) is 0 Å². The summed E-state index contributed by atoms with van der Waals surface area (Å²) in [6, 6.07) is 9.39. The van der Waals surface area contributed by atoms with E-state index in [4.69, 9.17) is 10.2 Å².